The summed E-state index contributed by atoms with van der Waals surface area (Å²) in [6.07, 6.45) is -1.30. The highest BCUT2D eigenvalue weighted by molar-refractivity contribution is 6.30. The van der Waals surface area contributed by atoms with E-state index in [1.165, 1.54) is 11.0 Å². The molecule has 3 rings (SSSR count). The van der Waals surface area contributed by atoms with Crippen LogP contribution in [0.25, 0.3) is 0 Å². The van der Waals surface area contributed by atoms with Gasteiger partial charge in [0, 0.05) is 23.7 Å². The molecule has 1 heterocycles. The number of carbonyl (C=O) groups is 2. The van der Waals surface area contributed by atoms with Crippen LogP contribution in [0.5, 0.6) is 5.75 Å². The molecule has 176 valence electrons. The molecule has 2 aromatic carbocycles. The van der Waals surface area contributed by atoms with Crippen LogP contribution in [0.3, 0.4) is 0 Å². The lowest BCUT2D eigenvalue weighted by atomic mass is 9.98. The van der Waals surface area contributed by atoms with Crippen molar-refractivity contribution in [1.29, 1.82) is 0 Å². The molecule has 9 nitrogen and oxygen atoms in total. The first-order valence-corrected chi connectivity index (χ1v) is 10.2. The largest absolute Gasteiger partial charge is 0.435 e. The van der Waals surface area contributed by atoms with Crippen molar-refractivity contribution in [2.45, 2.75) is 31.7 Å². The summed E-state index contributed by atoms with van der Waals surface area (Å²) in [5, 5.41) is 24.8. The molecule has 2 atom stereocenters. The standard InChI is InChI=1S/C21H21ClF2N4O5/c22-14-7-13(8-15(9-14)33-21(23)24)17(29)20(31)28-6-5-16(28)19(30)26-10-11-1-3-12(4-2-11)18(25)27-32/h1-4,7-9,16-17,21,29,32H,5-6,10H2,(H2,25,27)(H,26,30)/t16-,17+/m0/s1. The van der Waals surface area contributed by atoms with Crippen molar-refractivity contribution in [1.82, 2.24) is 10.2 Å². The zero-order valence-corrected chi connectivity index (χ0v) is 17.9. The number of halogens is 3. The molecular formula is C21H21ClF2N4O5. The van der Waals surface area contributed by atoms with Crippen LogP contribution in [0.4, 0.5) is 8.78 Å². The molecule has 0 spiro atoms. The van der Waals surface area contributed by atoms with Gasteiger partial charge in [0.1, 0.15) is 11.8 Å². The lowest BCUT2D eigenvalue weighted by Crippen LogP contribution is -2.59. The maximum atomic E-state index is 12.7. The normalized spacial score (nSPS) is 16.8. The maximum absolute atomic E-state index is 12.7. The molecule has 12 heteroatoms. The van der Waals surface area contributed by atoms with E-state index in [0.717, 1.165) is 17.7 Å². The van der Waals surface area contributed by atoms with Gasteiger partial charge in [-0.1, -0.05) is 41.0 Å². The zero-order valence-electron chi connectivity index (χ0n) is 17.1. The Morgan fingerprint density at radius 3 is 2.55 bits per heavy atom. The van der Waals surface area contributed by atoms with Gasteiger partial charge in [0.05, 0.1) is 0 Å². The van der Waals surface area contributed by atoms with Crippen LogP contribution in [0.15, 0.2) is 47.6 Å². The second-order valence-electron chi connectivity index (χ2n) is 7.24. The third-order valence-corrected chi connectivity index (χ3v) is 5.32. The Labute approximate surface area is 192 Å². The van der Waals surface area contributed by atoms with Gasteiger partial charge in [-0.25, -0.2) is 0 Å². The van der Waals surface area contributed by atoms with Crippen LogP contribution in [-0.2, 0) is 16.1 Å². The lowest BCUT2D eigenvalue weighted by Gasteiger charge is -2.40. The molecule has 2 aromatic rings. The summed E-state index contributed by atoms with van der Waals surface area (Å²) in [5.41, 5.74) is 6.74. The number of nitrogens with one attached hydrogen (secondary N) is 1. The zero-order chi connectivity index (χ0) is 24.1. The predicted octanol–water partition coefficient (Wildman–Crippen LogP) is 1.99. The number of oxime groups is 1. The Morgan fingerprint density at radius 2 is 1.97 bits per heavy atom. The second kappa shape index (κ2) is 10.5. The van der Waals surface area contributed by atoms with Crippen LogP contribution in [-0.4, -0.2) is 52.1 Å². The summed E-state index contributed by atoms with van der Waals surface area (Å²) in [4.78, 5) is 26.5. The minimum absolute atomic E-state index is 0.00550. The van der Waals surface area contributed by atoms with Gasteiger partial charge in [0.15, 0.2) is 11.9 Å². The monoisotopic (exact) mass is 482 g/mol. The van der Waals surface area contributed by atoms with E-state index in [2.05, 4.69) is 15.2 Å². The topological polar surface area (TPSA) is 137 Å². The van der Waals surface area contributed by atoms with Crippen LogP contribution < -0.4 is 15.8 Å². The van der Waals surface area contributed by atoms with Crippen molar-refractivity contribution < 1.29 is 33.4 Å². The third kappa shape index (κ3) is 5.88. The predicted molar refractivity (Wildman–Crippen MR) is 114 cm³/mol. The van der Waals surface area contributed by atoms with Gasteiger partial charge in [0.25, 0.3) is 5.91 Å². The van der Waals surface area contributed by atoms with E-state index in [0.29, 0.717) is 12.0 Å². The number of amides is 2. The number of amidine groups is 1. The number of likely N-dealkylation sites (tertiary alicyclic amines) is 1. The number of alkyl halides is 2. The fourth-order valence-corrected chi connectivity index (χ4v) is 3.53. The van der Waals surface area contributed by atoms with Gasteiger partial charge in [-0.3, -0.25) is 9.59 Å². The highest BCUT2D eigenvalue weighted by Crippen LogP contribution is 2.29. The fourth-order valence-electron chi connectivity index (χ4n) is 3.29. The van der Waals surface area contributed by atoms with Gasteiger partial charge in [-0.2, -0.15) is 8.78 Å². The Hall–Kier alpha value is -3.44. The average Bonchev–Trinajstić information content (AvgIpc) is 2.75. The molecule has 0 radical (unpaired) electrons. The number of aliphatic hydroxyl groups excluding tert-OH is 1. The number of nitrogens with two attached hydrogens (primary N) is 1. The van der Waals surface area contributed by atoms with Gasteiger partial charge in [0.2, 0.25) is 5.91 Å². The first-order valence-electron chi connectivity index (χ1n) is 9.78. The molecule has 0 bridgehead atoms. The Balaban J connectivity index is 1.60. The van der Waals surface area contributed by atoms with Crippen LogP contribution in [0.2, 0.25) is 5.02 Å². The van der Waals surface area contributed by atoms with E-state index in [1.807, 2.05) is 0 Å². The number of rotatable bonds is 8. The van der Waals surface area contributed by atoms with Crippen molar-refractivity contribution in [3.8, 4) is 5.75 Å². The van der Waals surface area contributed by atoms with Crippen LogP contribution in [0, 0.1) is 0 Å². The van der Waals surface area contributed by atoms with Gasteiger partial charge >= 0.3 is 6.61 Å². The molecule has 0 aliphatic carbocycles. The first kappa shape index (κ1) is 24.2. The molecule has 2 amide bonds. The quantitative estimate of drug-likeness (QED) is 0.196. The number of carbonyl (C=O) groups excluding carboxylic acids is 2. The van der Waals surface area contributed by atoms with Crippen molar-refractivity contribution in [2.24, 2.45) is 10.9 Å². The fraction of sp³-hybridized carbons (Fsp3) is 0.286. The number of hydrogen-bond acceptors (Lipinski definition) is 6. The van der Waals surface area contributed by atoms with Gasteiger partial charge in [-0.05, 0) is 35.7 Å². The van der Waals surface area contributed by atoms with Crippen molar-refractivity contribution in [2.75, 3.05) is 6.54 Å². The summed E-state index contributed by atoms with van der Waals surface area (Å²) < 4.78 is 29.2. The molecule has 0 aromatic heterocycles. The molecule has 0 unspecified atom stereocenters. The van der Waals surface area contributed by atoms with E-state index in [4.69, 9.17) is 22.5 Å². The summed E-state index contributed by atoms with van der Waals surface area (Å²) in [7, 11) is 0. The number of ether oxygens (including phenoxy) is 1. The van der Waals surface area contributed by atoms with Crippen molar-refractivity contribution >= 4 is 29.3 Å². The van der Waals surface area contributed by atoms with E-state index in [9.17, 15) is 23.5 Å². The van der Waals surface area contributed by atoms with E-state index >= 15 is 0 Å². The molecule has 5 N–H and O–H groups in total. The smallest absolute Gasteiger partial charge is 0.387 e. The maximum Gasteiger partial charge on any atom is 0.387 e. The summed E-state index contributed by atoms with van der Waals surface area (Å²) in [6.45, 7) is -2.66. The minimum atomic E-state index is -3.09. The Morgan fingerprint density at radius 1 is 1.27 bits per heavy atom. The van der Waals surface area contributed by atoms with E-state index in [-0.39, 0.29) is 35.3 Å². The number of nitrogens with zero attached hydrogens (tertiary/aromatic N) is 2. The molecule has 1 fully saturated rings. The molecular weight excluding hydrogens is 462 g/mol. The van der Waals surface area contributed by atoms with Crippen molar-refractivity contribution in [3.05, 3.63) is 64.2 Å². The minimum Gasteiger partial charge on any atom is -0.435 e. The first-order chi connectivity index (χ1) is 15.7. The third-order valence-electron chi connectivity index (χ3n) is 5.10. The Bertz CT molecular complexity index is 1050. The van der Waals surface area contributed by atoms with Crippen LogP contribution >= 0.6 is 11.6 Å². The van der Waals surface area contributed by atoms with Gasteiger partial charge < -0.3 is 31.0 Å². The van der Waals surface area contributed by atoms with Crippen LogP contribution in [0.1, 0.15) is 29.2 Å². The SMILES string of the molecule is NC(=NO)c1ccc(CNC(=O)[C@@H]2CCN2C(=O)[C@H](O)c2cc(Cl)cc(OC(F)F)c2)cc1. The summed E-state index contributed by atoms with van der Waals surface area (Å²) in [6, 6.07) is 9.35. The lowest BCUT2D eigenvalue weighted by molar-refractivity contribution is -0.154. The summed E-state index contributed by atoms with van der Waals surface area (Å²) in [5.74, 6) is -1.50. The average molecular weight is 483 g/mol. The van der Waals surface area contributed by atoms with Gasteiger partial charge in [-0.15, -0.1) is 0 Å². The number of benzene rings is 2. The second-order valence-corrected chi connectivity index (χ2v) is 7.67. The number of aliphatic hydroxyl groups is 1. The molecule has 1 saturated heterocycles. The molecule has 0 saturated carbocycles. The molecule has 1 aliphatic heterocycles. The molecule has 1 aliphatic rings. The Kier molecular flexibility index (Phi) is 7.67. The van der Waals surface area contributed by atoms with E-state index < -0.39 is 30.6 Å². The highest BCUT2D eigenvalue weighted by atomic mass is 35.5. The summed E-state index contributed by atoms with van der Waals surface area (Å²) >= 11 is 5.87. The number of hydrogen-bond donors (Lipinski definition) is 4. The van der Waals surface area contributed by atoms with Crippen molar-refractivity contribution in [3.63, 3.8) is 0 Å². The molecule has 33 heavy (non-hydrogen) atoms. The van der Waals surface area contributed by atoms with E-state index in [1.54, 1.807) is 24.3 Å². The highest BCUT2D eigenvalue weighted by Gasteiger charge is 2.40.